The van der Waals surface area contributed by atoms with Crippen molar-refractivity contribution in [3.63, 3.8) is 0 Å². The third-order valence-electron chi connectivity index (χ3n) is 4.85. The summed E-state index contributed by atoms with van der Waals surface area (Å²) in [5.41, 5.74) is 0.174. The van der Waals surface area contributed by atoms with Gasteiger partial charge in [-0.3, -0.25) is 9.88 Å². The molecule has 2 saturated heterocycles. The highest BCUT2D eigenvalue weighted by Gasteiger charge is 2.44. The topological polar surface area (TPSA) is 45.6 Å². The first-order chi connectivity index (χ1) is 10.4. The zero-order valence-corrected chi connectivity index (χ0v) is 14.3. The molecule has 0 radical (unpaired) electrons. The molecule has 0 aromatic carbocycles. The molecule has 1 aromatic rings. The van der Waals surface area contributed by atoms with Crippen molar-refractivity contribution >= 4 is 23.2 Å². The van der Waals surface area contributed by atoms with Gasteiger partial charge in [-0.2, -0.15) is 0 Å². The average molecular weight is 345 g/mol. The monoisotopic (exact) mass is 344 g/mol. The Labute approximate surface area is 141 Å². The molecular formula is C16H22Cl2N2O2. The summed E-state index contributed by atoms with van der Waals surface area (Å²) < 4.78 is 6.04. The van der Waals surface area contributed by atoms with Gasteiger partial charge in [0, 0.05) is 44.0 Å². The van der Waals surface area contributed by atoms with Gasteiger partial charge in [0.05, 0.1) is 27.9 Å². The van der Waals surface area contributed by atoms with Gasteiger partial charge in [0.2, 0.25) is 0 Å². The number of hydrogen-bond donors (Lipinski definition) is 1. The number of aromatic nitrogens is 1. The Hall–Kier alpha value is -0.390. The second kappa shape index (κ2) is 6.25. The fourth-order valence-electron chi connectivity index (χ4n) is 3.57. The van der Waals surface area contributed by atoms with Gasteiger partial charge in [-0.05, 0) is 26.2 Å². The predicted octanol–water partition coefficient (Wildman–Crippen LogP) is 3.28. The van der Waals surface area contributed by atoms with Crippen LogP contribution in [0.15, 0.2) is 12.4 Å². The van der Waals surface area contributed by atoms with E-state index in [-0.39, 0.29) is 5.60 Å². The van der Waals surface area contributed by atoms with E-state index in [1.54, 1.807) is 12.4 Å². The molecule has 1 N–H and O–H groups in total. The highest BCUT2D eigenvalue weighted by Crippen LogP contribution is 2.39. The molecular weight excluding hydrogens is 323 g/mol. The zero-order chi connectivity index (χ0) is 15.8. The maximum absolute atomic E-state index is 10.3. The highest BCUT2D eigenvalue weighted by atomic mass is 35.5. The lowest BCUT2D eigenvalue weighted by molar-refractivity contribution is -0.173. The number of nitrogens with zero attached hydrogens (tertiary/aromatic N) is 2. The molecule has 4 nitrogen and oxygen atoms in total. The van der Waals surface area contributed by atoms with E-state index in [4.69, 9.17) is 27.9 Å². The van der Waals surface area contributed by atoms with E-state index in [9.17, 15) is 5.11 Å². The smallest absolute Gasteiger partial charge is 0.0734 e. The molecule has 2 aliphatic rings. The number of hydrogen-bond acceptors (Lipinski definition) is 4. The van der Waals surface area contributed by atoms with Crippen LogP contribution in [0.3, 0.4) is 0 Å². The van der Waals surface area contributed by atoms with Gasteiger partial charge in [-0.15, -0.1) is 0 Å². The molecule has 22 heavy (non-hydrogen) atoms. The van der Waals surface area contributed by atoms with E-state index in [2.05, 4.69) is 9.88 Å². The van der Waals surface area contributed by atoms with E-state index in [0.29, 0.717) is 16.7 Å². The van der Waals surface area contributed by atoms with Crippen molar-refractivity contribution in [2.24, 2.45) is 0 Å². The van der Waals surface area contributed by atoms with Gasteiger partial charge in [0.1, 0.15) is 0 Å². The Morgan fingerprint density at radius 3 is 2.45 bits per heavy atom. The fraction of sp³-hybridized carbons (Fsp3) is 0.688. The van der Waals surface area contributed by atoms with E-state index in [1.807, 2.05) is 6.92 Å². The van der Waals surface area contributed by atoms with Crippen LogP contribution < -0.4 is 0 Å². The summed E-state index contributed by atoms with van der Waals surface area (Å²) >= 11 is 12.4. The Kier molecular flexibility index (Phi) is 4.68. The summed E-state index contributed by atoms with van der Waals surface area (Å²) in [4.78, 5) is 6.33. The maximum atomic E-state index is 10.3. The molecule has 1 spiro atoms. The van der Waals surface area contributed by atoms with Gasteiger partial charge >= 0.3 is 0 Å². The van der Waals surface area contributed by atoms with Gasteiger partial charge in [-0.25, -0.2) is 0 Å². The molecule has 1 aromatic heterocycles. The van der Waals surface area contributed by atoms with Crippen LogP contribution in [0.25, 0.3) is 0 Å². The number of likely N-dealkylation sites (tertiary alicyclic amines) is 1. The molecule has 0 aliphatic carbocycles. The van der Waals surface area contributed by atoms with Gasteiger partial charge in [0.25, 0.3) is 0 Å². The van der Waals surface area contributed by atoms with Crippen LogP contribution in [0.4, 0.5) is 0 Å². The number of pyridine rings is 1. The second-order valence-electron chi connectivity index (χ2n) is 6.81. The average Bonchev–Trinajstić information content (AvgIpc) is 2.44. The number of halogens is 2. The number of aliphatic hydroxyl groups is 1. The first-order valence-electron chi connectivity index (χ1n) is 7.76. The molecule has 0 saturated carbocycles. The molecule has 1 atom stereocenters. The summed E-state index contributed by atoms with van der Waals surface area (Å²) in [5, 5.41) is 11.6. The van der Waals surface area contributed by atoms with E-state index < -0.39 is 5.60 Å². The largest absolute Gasteiger partial charge is 0.390 e. The molecule has 6 heteroatoms. The zero-order valence-electron chi connectivity index (χ0n) is 12.8. The number of ether oxygens (including phenoxy) is 1. The molecule has 2 fully saturated rings. The van der Waals surface area contributed by atoms with Crippen molar-refractivity contribution in [3.05, 3.63) is 28.0 Å². The fourth-order valence-corrected chi connectivity index (χ4v) is 4.06. The van der Waals surface area contributed by atoms with Crippen LogP contribution in [-0.4, -0.2) is 45.9 Å². The van der Waals surface area contributed by atoms with Gasteiger partial charge in [-0.1, -0.05) is 23.2 Å². The van der Waals surface area contributed by atoms with Crippen molar-refractivity contribution in [2.45, 2.75) is 50.4 Å². The summed E-state index contributed by atoms with van der Waals surface area (Å²) in [7, 11) is 0. The Morgan fingerprint density at radius 1 is 1.23 bits per heavy atom. The predicted molar refractivity (Wildman–Crippen MR) is 87.3 cm³/mol. The van der Waals surface area contributed by atoms with Crippen molar-refractivity contribution in [2.75, 3.05) is 19.7 Å². The molecule has 3 heterocycles. The van der Waals surface area contributed by atoms with Gasteiger partial charge in [0.15, 0.2) is 0 Å². The first-order valence-corrected chi connectivity index (χ1v) is 8.51. The third kappa shape index (κ3) is 3.57. The summed E-state index contributed by atoms with van der Waals surface area (Å²) in [6, 6.07) is 0. The van der Waals surface area contributed by atoms with Crippen molar-refractivity contribution in [1.29, 1.82) is 0 Å². The first kappa shape index (κ1) is 16.5. The van der Waals surface area contributed by atoms with E-state index >= 15 is 0 Å². The summed E-state index contributed by atoms with van der Waals surface area (Å²) in [6.45, 7) is 5.14. The Bertz CT molecular complexity index is 523. The van der Waals surface area contributed by atoms with Crippen LogP contribution in [0, 0.1) is 0 Å². The highest BCUT2D eigenvalue weighted by molar-refractivity contribution is 6.35. The maximum Gasteiger partial charge on any atom is 0.0734 e. The molecule has 0 bridgehead atoms. The molecule has 122 valence electrons. The minimum atomic E-state index is -0.599. The lowest BCUT2D eigenvalue weighted by atomic mass is 9.78. The third-order valence-corrected chi connectivity index (χ3v) is 5.50. The van der Waals surface area contributed by atoms with Crippen LogP contribution in [0.1, 0.15) is 38.2 Å². The van der Waals surface area contributed by atoms with Crippen LogP contribution >= 0.6 is 23.2 Å². The SMILES string of the molecule is CC1(O)CCOC2(CCN(Cc3c(Cl)cncc3Cl)CC2)C1. The molecule has 0 amide bonds. The lowest BCUT2D eigenvalue weighted by Crippen LogP contribution is -2.53. The van der Waals surface area contributed by atoms with Crippen molar-refractivity contribution in [3.8, 4) is 0 Å². The van der Waals surface area contributed by atoms with Crippen LogP contribution in [-0.2, 0) is 11.3 Å². The quantitative estimate of drug-likeness (QED) is 0.894. The van der Waals surface area contributed by atoms with E-state index in [1.165, 1.54) is 0 Å². The van der Waals surface area contributed by atoms with Crippen LogP contribution in [0.5, 0.6) is 0 Å². The van der Waals surface area contributed by atoms with Crippen LogP contribution in [0.2, 0.25) is 10.0 Å². The Morgan fingerprint density at radius 2 is 1.86 bits per heavy atom. The Balaban J connectivity index is 1.62. The summed E-state index contributed by atoms with van der Waals surface area (Å²) in [6.07, 6.45) is 6.59. The normalized spacial score (nSPS) is 28.9. The van der Waals surface area contributed by atoms with Crippen molar-refractivity contribution < 1.29 is 9.84 Å². The van der Waals surface area contributed by atoms with Gasteiger partial charge < -0.3 is 9.84 Å². The molecule has 2 aliphatic heterocycles. The molecule has 3 rings (SSSR count). The molecule has 1 unspecified atom stereocenters. The minimum Gasteiger partial charge on any atom is -0.390 e. The van der Waals surface area contributed by atoms with Crippen molar-refractivity contribution in [1.82, 2.24) is 9.88 Å². The van der Waals surface area contributed by atoms with E-state index in [0.717, 1.165) is 50.9 Å². The lowest BCUT2D eigenvalue weighted by Gasteiger charge is -2.48. The second-order valence-corrected chi connectivity index (χ2v) is 7.63. The number of rotatable bonds is 2. The standard InChI is InChI=1S/C16H22Cl2N2O2/c1-15(21)4-7-22-16(11-15)2-5-20(6-3-16)10-12-13(17)8-19-9-14(12)18/h8-9,21H,2-7,10-11H2,1H3. The minimum absolute atomic E-state index is 0.163. The summed E-state index contributed by atoms with van der Waals surface area (Å²) in [5.74, 6) is 0. The number of piperidine rings is 1.